The number of amides is 1. The van der Waals surface area contributed by atoms with Gasteiger partial charge in [-0.15, -0.1) is 11.6 Å². The van der Waals surface area contributed by atoms with Crippen molar-refractivity contribution in [1.82, 2.24) is 10.3 Å². The highest BCUT2D eigenvalue weighted by molar-refractivity contribution is 6.18. The second-order valence-electron chi connectivity index (χ2n) is 4.38. The summed E-state index contributed by atoms with van der Waals surface area (Å²) in [5.41, 5.74) is 1.26. The monoisotopic (exact) mass is 292 g/mol. The van der Waals surface area contributed by atoms with Gasteiger partial charge in [0.15, 0.2) is 0 Å². The quantitative estimate of drug-likeness (QED) is 0.861. The summed E-state index contributed by atoms with van der Waals surface area (Å²) in [6.07, 6.45) is 1.65. The highest BCUT2D eigenvalue weighted by Crippen LogP contribution is 2.06. The Hall–Kier alpha value is -1.94. The maximum atomic E-state index is 12.8. The van der Waals surface area contributed by atoms with Gasteiger partial charge in [-0.25, -0.2) is 9.37 Å². The molecule has 0 saturated carbocycles. The molecule has 104 valence electrons. The molecule has 0 aliphatic heterocycles. The largest absolute Gasteiger partial charge is 0.346 e. The van der Waals surface area contributed by atoms with Crippen LogP contribution >= 0.6 is 11.6 Å². The molecule has 0 aliphatic carbocycles. The third-order valence-electron chi connectivity index (χ3n) is 2.81. The number of nitrogens with one attached hydrogen (secondary N) is 1. The number of benzene rings is 1. The Morgan fingerprint density at radius 2 is 2.00 bits per heavy atom. The first-order valence-corrected chi connectivity index (χ1v) is 6.75. The number of alkyl halides is 1. The van der Waals surface area contributed by atoms with Crippen molar-refractivity contribution in [1.29, 1.82) is 0 Å². The average Bonchev–Trinajstić information content (AvgIpc) is 2.48. The minimum atomic E-state index is -0.472. The molecule has 0 spiro atoms. The van der Waals surface area contributed by atoms with Gasteiger partial charge in [0.1, 0.15) is 11.5 Å². The smallest absolute Gasteiger partial charge is 0.270 e. The number of pyridine rings is 1. The third kappa shape index (κ3) is 4.03. The number of hydrogen-bond donors (Lipinski definition) is 1. The zero-order valence-corrected chi connectivity index (χ0v) is 11.5. The van der Waals surface area contributed by atoms with Gasteiger partial charge in [0.25, 0.3) is 5.91 Å². The van der Waals surface area contributed by atoms with Gasteiger partial charge in [0.05, 0.1) is 6.20 Å². The van der Waals surface area contributed by atoms with Crippen molar-refractivity contribution in [3.63, 3.8) is 0 Å². The highest BCUT2D eigenvalue weighted by atomic mass is 35.5. The first-order valence-electron chi connectivity index (χ1n) is 6.21. The van der Waals surface area contributed by atoms with Crippen LogP contribution in [0.15, 0.2) is 48.7 Å². The van der Waals surface area contributed by atoms with Crippen molar-refractivity contribution >= 4 is 17.5 Å². The molecule has 2 aromatic rings. The van der Waals surface area contributed by atoms with Crippen LogP contribution in [0.3, 0.4) is 0 Å². The van der Waals surface area contributed by atoms with Gasteiger partial charge in [-0.2, -0.15) is 0 Å². The second-order valence-corrected chi connectivity index (χ2v) is 4.68. The molecule has 0 aliphatic rings. The van der Waals surface area contributed by atoms with E-state index in [0.717, 1.165) is 11.8 Å². The number of aromatic nitrogens is 1. The van der Waals surface area contributed by atoms with Gasteiger partial charge in [0, 0.05) is 11.9 Å². The zero-order valence-electron chi connectivity index (χ0n) is 10.7. The maximum absolute atomic E-state index is 12.8. The lowest BCUT2D eigenvalue weighted by Gasteiger charge is -2.15. The van der Waals surface area contributed by atoms with Crippen molar-refractivity contribution in [2.45, 2.75) is 12.5 Å². The molecule has 2 rings (SSSR count). The number of carbonyl (C=O) groups is 1. The van der Waals surface area contributed by atoms with Crippen LogP contribution in [0.4, 0.5) is 4.39 Å². The number of nitrogens with zero attached hydrogens (tertiary/aromatic N) is 1. The molecule has 0 bridgehead atoms. The summed E-state index contributed by atoms with van der Waals surface area (Å²) in [5.74, 6) is -0.534. The van der Waals surface area contributed by atoms with Crippen LogP contribution in [0.1, 0.15) is 16.1 Å². The standard InChI is InChI=1S/C15H14ClFN2O/c16-9-13(8-11-4-2-1-3-5-11)19-15(20)14-7-6-12(17)10-18-14/h1-7,10,13H,8-9H2,(H,19,20). The number of halogens is 2. The van der Waals surface area contributed by atoms with Crippen LogP contribution in [0, 0.1) is 5.82 Å². The van der Waals surface area contributed by atoms with Crippen LogP contribution in [0.2, 0.25) is 0 Å². The van der Waals surface area contributed by atoms with Gasteiger partial charge < -0.3 is 5.32 Å². The Balaban J connectivity index is 1.99. The second kappa shape index (κ2) is 7.01. The van der Waals surface area contributed by atoms with E-state index < -0.39 is 5.82 Å². The van der Waals surface area contributed by atoms with Gasteiger partial charge in [0.2, 0.25) is 0 Å². The van der Waals surface area contributed by atoms with Gasteiger partial charge >= 0.3 is 0 Å². The molecule has 0 fully saturated rings. The molecule has 1 unspecified atom stereocenters. The van der Waals surface area contributed by atoms with E-state index in [2.05, 4.69) is 10.3 Å². The summed E-state index contributed by atoms with van der Waals surface area (Å²) < 4.78 is 12.8. The molecule has 1 aromatic carbocycles. The summed E-state index contributed by atoms with van der Waals surface area (Å²) in [4.78, 5) is 15.7. The fraction of sp³-hybridized carbons (Fsp3) is 0.200. The van der Waals surface area contributed by atoms with Gasteiger partial charge in [-0.3, -0.25) is 4.79 Å². The lowest BCUT2D eigenvalue weighted by atomic mass is 10.1. The molecule has 0 saturated heterocycles. The van der Waals surface area contributed by atoms with Crippen molar-refractivity contribution < 1.29 is 9.18 Å². The number of hydrogen-bond acceptors (Lipinski definition) is 2. The third-order valence-corrected chi connectivity index (χ3v) is 3.18. The average molecular weight is 293 g/mol. The Morgan fingerprint density at radius 3 is 2.60 bits per heavy atom. The topological polar surface area (TPSA) is 42.0 Å². The molecule has 1 aromatic heterocycles. The van der Waals surface area contributed by atoms with Gasteiger partial charge in [-0.1, -0.05) is 30.3 Å². The Kier molecular flexibility index (Phi) is 5.07. The Labute approximate surface area is 121 Å². The molecule has 0 radical (unpaired) electrons. The summed E-state index contributed by atoms with van der Waals surface area (Å²) in [6.45, 7) is 0. The van der Waals surface area contributed by atoms with Crippen molar-refractivity contribution in [2.24, 2.45) is 0 Å². The summed E-state index contributed by atoms with van der Waals surface area (Å²) in [5, 5.41) is 2.80. The van der Waals surface area contributed by atoms with E-state index in [1.807, 2.05) is 30.3 Å². The van der Waals surface area contributed by atoms with Crippen LogP contribution in [0.5, 0.6) is 0 Å². The molecule has 1 heterocycles. The van der Waals surface area contributed by atoms with E-state index in [-0.39, 0.29) is 17.6 Å². The molecule has 1 atom stereocenters. The fourth-order valence-electron chi connectivity index (χ4n) is 1.81. The summed E-state index contributed by atoms with van der Waals surface area (Å²) >= 11 is 5.88. The molecular weight excluding hydrogens is 279 g/mol. The normalized spacial score (nSPS) is 11.9. The van der Waals surface area contributed by atoms with Crippen molar-refractivity contribution in [3.8, 4) is 0 Å². The van der Waals surface area contributed by atoms with E-state index in [4.69, 9.17) is 11.6 Å². The van der Waals surface area contributed by atoms with Crippen LogP contribution in [-0.4, -0.2) is 22.8 Å². The van der Waals surface area contributed by atoms with Gasteiger partial charge in [-0.05, 0) is 24.1 Å². The highest BCUT2D eigenvalue weighted by Gasteiger charge is 2.14. The first kappa shape index (κ1) is 14.5. The minimum Gasteiger partial charge on any atom is -0.346 e. The fourth-order valence-corrected chi connectivity index (χ4v) is 2.00. The number of rotatable bonds is 5. The van der Waals surface area contributed by atoms with E-state index in [1.54, 1.807) is 0 Å². The predicted molar refractivity (Wildman–Crippen MR) is 76.3 cm³/mol. The first-order chi connectivity index (χ1) is 9.69. The van der Waals surface area contributed by atoms with Crippen LogP contribution < -0.4 is 5.32 Å². The molecular formula is C15H14ClFN2O. The van der Waals surface area contributed by atoms with Crippen molar-refractivity contribution in [2.75, 3.05) is 5.88 Å². The number of carbonyl (C=O) groups excluding carboxylic acids is 1. The molecule has 20 heavy (non-hydrogen) atoms. The SMILES string of the molecule is O=C(NC(CCl)Cc1ccccc1)c1ccc(F)cn1. The van der Waals surface area contributed by atoms with E-state index in [1.165, 1.54) is 12.1 Å². The molecule has 3 nitrogen and oxygen atoms in total. The lowest BCUT2D eigenvalue weighted by Crippen LogP contribution is -2.38. The molecule has 5 heteroatoms. The van der Waals surface area contributed by atoms with Crippen LogP contribution in [-0.2, 0) is 6.42 Å². The Bertz CT molecular complexity index is 560. The van der Waals surface area contributed by atoms with E-state index >= 15 is 0 Å². The minimum absolute atomic E-state index is 0.176. The zero-order chi connectivity index (χ0) is 14.4. The van der Waals surface area contributed by atoms with Crippen LogP contribution in [0.25, 0.3) is 0 Å². The van der Waals surface area contributed by atoms with Crippen molar-refractivity contribution in [3.05, 3.63) is 65.7 Å². The Morgan fingerprint density at radius 1 is 1.25 bits per heavy atom. The van der Waals surface area contributed by atoms with E-state index in [0.29, 0.717) is 12.3 Å². The maximum Gasteiger partial charge on any atom is 0.270 e. The summed E-state index contributed by atoms with van der Waals surface area (Å²) in [7, 11) is 0. The molecule has 1 amide bonds. The molecule has 1 N–H and O–H groups in total. The predicted octanol–water partition coefficient (Wildman–Crippen LogP) is 2.80. The van der Waals surface area contributed by atoms with E-state index in [9.17, 15) is 9.18 Å². The lowest BCUT2D eigenvalue weighted by molar-refractivity contribution is 0.0935. The summed E-state index contributed by atoms with van der Waals surface area (Å²) in [6, 6.07) is 12.1.